The average Bonchev–Trinajstić information content (AvgIpc) is 3.67. The van der Waals surface area contributed by atoms with Crippen LogP contribution in [0.15, 0.2) is 102 Å². The van der Waals surface area contributed by atoms with E-state index in [4.69, 9.17) is 17.2 Å². The zero-order valence-corrected chi connectivity index (χ0v) is 49.8. The molecule has 24 heteroatoms. The number of fused-ring (bicyclic) bond motifs is 1. The summed E-state index contributed by atoms with van der Waals surface area (Å²) in [4.78, 5) is 133. The summed E-state index contributed by atoms with van der Waals surface area (Å²) in [6.45, 7) is 8.55. The van der Waals surface area contributed by atoms with Gasteiger partial charge in [0.15, 0.2) is 5.96 Å². The number of hydrogen-bond donors (Lipinski definition) is 14. The molecule has 7 atom stereocenters. The summed E-state index contributed by atoms with van der Waals surface area (Å²) in [5.41, 5.74) is 18.8. The molecule has 86 heavy (non-hydrogen) atoms. The molecule has 5 unspecified atom stereocenters. The molecule has 0 aliphatic carbocycles. The number of carbonyl (C=O) groups is 9. The Labute approximate surface area is 502 Å². The molecule has 1 aliphatic rings. The maximum Gasteiger partial charge on any atom is 0.243 e. The first-order valence-electron chi connectivity index (χ1n) is 29.6. The smallest absolute Gasteiger partial charge is 0.243 e. The van der Waals surface area contributed by atoms with Crippen LogP contribution < -0.4 is 70.4 Å². The van der Waals surface area contributed by atoms with Crippen LogP contribution in [0, 0.1) is 0 Å². The van der Waals surface area contributed by atoms with Crippen molar-refractivity contribution in [3.05, 3.63) is 114 Å². The summed E-state index contributed by atoms with van der Waals surface area (Å²) < 4.78 is 0. The molecule has 1 heterocycles. The number of carbonyl (C=O) groups excluding carboxylic acids is 9. The standard InChI is InChI=1S/C62H88N14O10/c1-38(2)66-30-12-10-19-46(55(63)80)72-59(84)49-28-29-53(78)71-51(34-40-15-6-5-7-16-40)60(85)76-52(35-41-23-26-45(77)27-24-41)61(86)74-47(20-11-13-31-67-39(3)4)57(82)73-48(21-14-32-68-62(64)65)58(83)75-50(56(81)69-37-54(79)70-49)36-42-22-25-43-17-8-9-18-44(43)33-42/h5-9,15-18,22-27,33,38-39,46-52,66-67,77H,10-14,19-21,28-32,34-37H2,1-4H3,(H2,63,80)(H,69,81)(H,70,79)(H,71,78)(H,72,84)(H,73,82)(H,74,86)(H,75,83)(H,76,85)(H4,64,65,68)/t46?,47?,48-,49?,50?,51?,52+/m1/s1. The van der Waals surface area contributed by atoms with E-state index in [1.165, 1.54) is 12.1 Å². The summed E-state index contributed by atoms with van der Waals surface area (Å²) in [7, 11) is 0. The lowest BCUT2D eigenvalue weighted by Gasteiger charge is -2.27. The lowest BCUT2D eigenvalue weighted by Crippen LogP contribution is -2.60. The molecule has 466 valence electrons. The van der Waals surface area contributed by atoms with E-state index in [0.717, 1.165) is 10.8 Å². The summed E-state index contributed by atoms with van der Waals surface area (Å²) in [5.74, 6) is -7.48. The van der Waals surface area contributed by atoms with Gasteiger partial charge in [-0.15, -0.1) is 0 Å². The predicted octanol–water partition coefficient (Wildman–Crippen LogP) is 0.752. The predicted molar refractivity (Wildman–Crippen MR) is 328 cm³/mol. The lowest BCUT2D eigenvalue weighted by atomic mass is 10.00. The Morgan fingerprint density at radius 2 is 1.07 bits per heavy atom. The third-order valence-electron chi connectivity index (χ3n) is 14.4. The van der Waals surface area contributed by atoms with Crippen LogP contribution in [-0.4, -0.2) is 145 Å². The van der Waals surface area contributed by atoms with Gasteiger partial charge in [0.25, 0.3) is 0 Å². The zero-order valence-electron chi connectivity index (χ0n) is 49.8. The number of guanidine groups is 1. The fourth-order valence-corrected chi connectivity index (χ4v) is 9.71. The minimum absolute atomic E-state index is 0.0514. The molecule has 17 N–H and O–H groups in total. The van der Waals surface area contributed by atoms with Crippen LogP contribution in [-0.2, 0) is 62.4 Å². The number of unbranched alkanes of at least 4 members (excludes halogenated alkanes) is 2. The molecule has 0 saturated carbocycles. The minimum Gasteiger partial charge on any atom is -0.508 e. The van der Waals surface area contributed by atoms with Gasteiger partial charge >= 0.3 is 0 Å². The highest BCUT2D eigenvalue weighted by atomic mass is 16.3. The molecule has 5 rings (SSSR count). The second-order valence-electron chi connectivity index (χ2n) is 22.3. The molecule has 0 spiro atoms. The van der Waals surface area contributed by atoms with Gasteiger partial charge in [-0.25, -0.2) is 0 Å². The van der Waals surface area contributed by atoms with Crippen LogP contribution in [0.25, 0.3) is 10.8 Å². The van der Waals surface area contributed by atoms with Gasteiger partial charge in [0, 0.05) is 44.3 Å². The summed E-state index contributed by atoms with van der Waals surface area (Å²) in [5, 5.41) is 40.4. The van der Waals surface area contributed by atoms with E-state index in [-0.39, 0.29) is 81.7 Å². The van der Waals surface area contributed by atoms with Crippen molar-refractivity contribution in [3.63, 3.8) is 0 Å². The van der Waals surface area contributed by atoms with Crippen LogP contribution in [0.3, 0.4) is 0 Å². The maximum absolute atomic E-state index is 14.9. The van der Waals surface area contributed by atoms with Crippen LogP contribution in [0.2, 0.25) is 0 Å². The fraction of sp³-hybridized carbons (Fsp3) is 0.484. The molecule has 0 aromatic heterocycles. The van der Waals surface area contributed by atoms with Gasteiger partial charge in [-0.2, -0.15) is 0 Å². The summed E-state index contributed by atoms with van der Waals surface area (Å²) in [6.07, 6.45) is 1.41. The maximum atomic E-state index is 14.9. The SMILES string of the molecule is CC(C)NCCCCC(NC(=O)C1CCC(=O)NC(Cc2ccccc2)C(=O)N[C@@H](Cc2ccc(O)cc2)C(=O)NC(CCCCNC(C)C)C(=O)N[C@H](CCCN=C(N)N)C(=O)NC(Cc2ccc3ccccc3c2)C(=O)NCC(=O)N1)C(N)=O. The first-order chi connectivity index (χ1) is 41.1. The summed E-state index contributed by atoms with van der Waals surface area (Å²) >= 11 is 0. The van der Waals surface area contributed by atoms with Crippen molar-refractivity contribution in [2.75, 3.05) is 26.2 Å². The highest BCUT2D eigenvalue weighted by Gasteiger charge is 2.34. The largest absolute Gasteiger partial charge is 0.508 e. The molecule has 4 aromatic rings. The van der Waals surface area contributed by atoms with E-state index in [1.807, 2.05) is 64.1 Å². The minimum atomic E-state index is -1.49. The molecular formula is C62H88N14O10. The Balaban J connectivity index is 1.58. The molecule has 0 bridgehead atoms. The third-order valence-corrected chi connectivity index (χ3v) is 14.4. The third kappa shape index (κ3) is 24.5. The Morgan fingerprint density at radius 3 is 1.67 bits per heavy atom. The molecule has 9 amide bonds. The molecule has 1 saturated heterocycles. The van der Waals surface area contributed by atoms with Crippen LogP contribution in [0.1, 0.15) is 109 Å². The second-order valence-corrected chi connectivity index (χ2v) is 22.3. The van der Waals surface area contributed by atoms with Crippen LogP contribution in [0.5, 0.6) is 5.75 Å². The number of phenolic OH excluding ortho intramolecular Hbond substituents is 1. The van der Waals surface area contributed by atoms with Crippen molar-refractivity contribution >= 4 is 69.9 Å². The van der Waals surface area contributed by atoms with Crippen molar-refractivity contribution in [2.24, 2.45) is 22.2 Å². The molecule has 4 aromatic carbocycles. The zero-order chi connectivity index (χ0) is 62.5. The quantitative estimate of drug-likeness (QED) is 0.0248. The van der Waals surface area contributed by atoms with Crippen molar-refractivity contribution in [2.45, 2.75) is 166 Å². The van der Waals surface area contributed by atoms with Gasteiger partial charge in [0.1, 0.15) is 48.0 Å². The fourth-order valence-electron chi connectivity index (χ4n) is 9.71. The number of nitrogens with one attached hydrogen (secondary N) is 10. The highest BCUT2D eigenvalue weighted by molar-refractivity contribution is 5.98. The van der Waals surface area contributed by atoms with Crippen molar-refractivity contribution in [1.29, 1.82) is 0 Å². The summed E-state index contributed by atoms with van der Waals surface area (Å²) in [6, 6.07) is 18.8. The van der Waals surface area contributed by atoms with Crippen molar-refractivity contribution in [3.8, 4) is 5.75 Å². The number of amides is 9. The van der Waals surface area contributed by atoms with E-state index in [0.29, 0.717) is 55.5 Å². The van der Waals surface area contributed by atoms with E-state index in [1.54, 1.807) is 48.5 Å². The van der Waals surface area contributed by atoms with E-state index >= 15 is 0 Å². The van der Waals surface area contributed by atoms with Gasteiger partial charge in [-0.3, -0.25) is 48.1 Å². The number of hydrogen-bond acceptors (Lipinski definition) is 13. The number of aromatic hydroxyl groups is 1. The second kappa shape index (κ2) is 35.6. The Bertz CT molecular complexity index is 2920. The highest BCUT2D eigenvalue weighted by Crippen LogP contribution is 2.18. The number of rotatable bonds is 25. The number of nitrogens with zero attached hydrogens (tertiary/aromatic N) is 1. The van der Waals surface area contributed by atoms with Crippen molar-refractivity contribution in [1.82, 2.24) is 53.2 Å². The van der Waals surface area contributed by atoms with Gasteiger partial charge in [0.2, 0.25) is 53.2 Å². The first kappa shape index (κ1) is 68.1. The Hall–Kier alpha value is -8.64. The van der Waals surface area contributed by atoms with Gasteiger partial charge < -0.3 is 75.5 Å². The van der Waals surface area contributed by atoms with Gasteiger partial charge in [0.05, 0.1) is 6.54 Å². The number of nitrogens with two attached hydrogens (primary N) is 3. The van der Waals surface area contributed by atoms with Crippen LogP contribution >= 0.6 is 0 Å². The Kier molecular flexibility index (Phi) is 28.2. The monoisotopic (exact) mass is 1190 g/mol. The van der Waals surface area contributed by atoms with Crippen molar-refractivity contribution < 1.29 is 48.3 Å². The molecule has 1 aliphatic heterocycles. The molecule has 0 radical (unpaired) electrons. The van der Waals surface area contributed by atoms with Gasteiger partial charge in [-0.05, 0) is 110 Å². The first-order valence-corrected chi connectivity index (χ1v) is 29.6. The number of phenols is 1. The normalized spacial score (nSPS) is 20.1. The lowest BCUT2D eigenvalue weighted by molar-refractivity contribution is -0.135. The molecule has 1 fully saturated rings. The van der Waals surface area contributed by atoms with Gasteiger partial charge in [-0.1, -0.05) is 113 Å². The van der Waals surface area contributed by atoms with E-state index in [2.05, 4.69) is 58.2 Å². The topological polar surface area (TPSA) is 385 Å². The Morgan fingerprint density at radius 1 is 0.558 bits per heavy atom. The molecule has 24 nitrogen and oxygen atoms in total. The molecular weight excluding hydrogens is 1100 g/mol. The van der Waals surface area contributed by atoms with E-state index in [9.17, 15) is 48.3 Å². The number of benzene rings is 4. The average molecular weight is 1190 g/mol. The van der Waals surface area contributed by atoms with Crippen LogP contribution in [0.4, 0.5) is 0 Å². The van der Waals surface area contributed by atoms with E-state index < -0.39 is 108 Å². The number of primary amides is 1. The number of aliphatic imine (C=N–C) groups is 1.